The summed E-state index contributed by atoms with van der Waals surface area (Å²) in [4.78, 5) is 51.2. The van der Waals surface area contributed by atoms with Crippen molar-refractivity contribution in [3.8, 4) is 0 Å². The van der Waals surface area contributed by atoms with Gasteiger partial charge in [-0.2, -0.15) is 11.8 Å². The molecule has 0 spiro atoms. The quantitative estimate of drug-likeness (QED) is 0.556. The summed E-state index contributed by atoms with van der Waals surface area (Å²) < 4.78 is 13.0. The average Bonchev–Trinajstić information content (AvgIpc) is 2.98. The molecule has 1 aliphatic heterocycles. The van der Waals surface area contributed by atoms with Crippen LogP contribution < -0.4 is 10.9 Å². The lowest BCUT2D eigenvalue weighted by Gasteiger charge is -2.25. The highest BCUT2D eigenvalue weighted by atomic mass is 32.2. The van der Waals surface area contributed by atoms with Gasteiger partial charge in [-0.3, -0.25) is 34.9 Å². The van der Waals surface area contributed by atoms with Crippen LogP contribution in [0.3, 0.4) is 0 Å². The molecule has 3 rings (SSSR count). The minimum absolute atomic E-state index is 0.146. The van der Waals surface area contributed by atoms with Crippen molar-refractivity contribution in [3.63, 3.8) is 0 Å². The smallest absolute Gasteiger partial charge is 0.269 e. The number of hydrazine groups is 1. The summed E-state index contributed by atoms with van der Waals surface area (Å²) in [5.74, 6) is -2.40. The molecule has 0 aliphatic carbocycles. The number of carbonyl (C=O) groups is 4. The molecule has 2 aromatic rings. The largest absolute Gasteiger partial charge is 0.271 e. The third kappa shape index (κ3) is 4.29. The Hall–Kier alpha value is -3.20. The summed E-state index contributed by atoms with van der Waals surface area (Å²) in [5.41, 5.74) is 5.13. The van der Waals surface area contributed by atoms with Crippen LogP contribution in [0.25, 0.3) is 0 Å². The highest BCUT2D eigenvalue weighted by molar-refractivity contribution is 7.98. The Morgan fingerprint density at radius 3 is 2.14 bits per heavy atom. The molecule has 2 aromatic carbocycles. The van der Waals surface area contributed by atoms with Crippen molar-refractivity contribution in [1.82, 2.24) is 15.8 Å². The molecule has 4 amide bonds. The number of halogens is 1. The number of benzene rings is 2. The number of rotatable bonds is 6. The summed E-state index contributed by atoms with van der Waals surface area (Å²) in [6.45, 7) is 0. The molecule has 1 aliphatic rings. The van der Waals surface area contributed by atoms with E-state index in [0.717, 1.165) is 17.0 Å². The molecule has 0 aromatic heterocycles. The second kappa shape index (κ2) is 8.87. The number of carbonyl (C=O) groups excluding carboxylic acids is 4. The molecule has 29 heavy (non-hydrogen) atoms. The zero-order chi connectivity index (χ0) is 21.0. The minimum atomic E-state index is -1.08. The number of fused-ring (bicyclic) bond motifs is 1. The molecule has 7 nitrogen and oxygen atoms in total. The van der Waals surface area contributed by atoms with E-state index in [-0.39, 0.29) is 23.1 Å². The molecular weight excluding hydrogens is 397 g/mol. The van der Waals surface area contributed by atoms with E-state index in [1.807, 2.05) is 6.26 Å². The predicted molar refractivity (Wildman–Crippen MR) is 106 cm³/mol. The van der Waals surface area contributed by atoms with E-state index in [9.17, 15) is 23.6 Å². The molecule has 9 heteroatoms. The second-order valence-electron chi connectivity index (χ2n) is 6.27. The first-order chi connectivity index (χ1) is 13.9. The summed E-state index contributed by atoms with van der Waals surface area (Å²) in [6.07, 6.45) is 2.07. The average molecular weight is 415 g/mol. The van der Waals surface area contributed by atoms with Crippen LogP contribution in [0.15, 0.2) is 48.5 Å². The number of amides is 4. The highest BCUT2D eigenvalue weighted by Crippen LogP contribution is 2.26. The number of hydrogen-bond donors (Lipinski definition) is 2. The second-order valence-corrected chi connectivity index (χ2v) is 7.26. The summed E-state index contributed by atoms with van der Waals surface area (Å²) >= 11 is 1.46. The van der Waals surface area contributed by atoms with Crippen LogP contribution in [0.4, 0.5) is 4.39 Å². The maximum Gasteiger partial charge on any atom is 0.269 e. The summed E-state index contributed by atoms with van der Waals surface area (Å²) in [7, 11) is 0. The van der Waals surface area contributed by atoms with Crippen molar-refractivity contribution < 1.29 is 23.6 Å². The fourth-order valence-corrected chi connectivity index (χ4v) is 3.43. The highest BCUT2D eigenvalue weighted by Gasteiger charge is 2.42. The number of thioether (sulfide) groups is 1. The monoisotopic (exact) mass is 415 g/mol. The topological polar surface area (TPSA) is 95.6 Å². The van der Waals surface area contributed by atoms with Gasteiger partial charge in [-0.15, -0.1) is 0 Å². The molecule has 0 fully saturated rings. The predicted octanol–water partition coefficient (Wildman–Crippen LogP) is 2.00. The van der Waals surface area contributed by atoms with E-state index in [4.69, 9.17) is 0 Å². The van der Waals surface area contributed by atoms with Gasteiger partial charge in [0.2, 0.25) is 0 Å². The van der Waals surface area contributed by atoms with Gasteiger partial charge < -0.3 is 0 Å². The molecule has 1 atom stereocenters. The molecular formula is C20H18FN3O4S. The molecule has 0 bridgehead atoms. The lowest BCUT2D eigenvalue weighted by Crippen LogP contribution is -2.54. The Morgan fingerprint density at radius 2 is 1.59 bits per heavy atom. The molecule has 150 valence electrons. The van der Waals surface area contributed by atoms with Crippen LogP contribution in [0.5, 0.6) is 0 Å². The number of hydrogen-bond acceptors (Lipinski definition) is 5. The Balaban J connectivity index is 1.74. The van der Waals surface area contributed by atoms with Crippen molar-refractivity contribution in [1.29, 1.82) is 0 Å². The zero-order valence-corrected chi connectivity index (χ0v) is 16.3. The SMILES string of the molecule is CSCC[C@H](C(=O)NNC(=O)c1ccc(F)cc1)N1C(=O)c2ccccc2C1=O. The van der Waals surface area contributed by atoms with Gasteiger partial charge in [0.1, 0.15) is 11.9 Å². The third-order valence-corrected chi connectivity index (χ3v) is 5.08. The molecule has 0 radical (unpaired) electrons. The van der Waals surface area contributed by atoms with E-state index < -0.39 is 35.5 Å². The van der Waals surface area contributed by atoms with E-state index >= 15 is 0 Å². The van der Waals surface area contributed by atoms with Gasteiger partial charge in [0.05, 0.1) is 11.1 Å². The van der Waals surface area contributed by atoms with Crippen LogP contribution in [0.2, 0.25) is 0 Å². The van der Waals surface area contributed by atoms with E-state index in [1.54, 1.807) is 12.1 Å². The fraction of sp³-hybridized carbons (Fsp3) is 0.200. The molecule has 0 unspecified atom stereocenters. The van der Waals surface area contributed by atoms with Crippen LogP contribution in [0, 0.1) is 5.82 Å². The van der Waals surface area contributed by atoms with Crippen molar-refractivity contribution in [2.75, 3.05) is 12.0 Å². The summed E-state index contributed by atoms with van der Waals surface area (Å²) in [6, 6.07) is 10.1. The van der Waals surface area contributed by atoms with Crippen LogP contribution in [0.1, 0.15) is 37.5 Å². The van der Waals surface area contributed by atoms with E-state index in [1.165, 1.54) is 36.0 Å². The van der Waals surface area contributed by atoms with Gasteiger partial charge in [-0.1, -0.05) is 12.1 Å². The fourth-order valence-electron chi connectivity index (χ4n) is 2.97. The summed E-state index contributed by atoms with van der Waals surface area (Å²) in [5, 5.41) is 0. The maximum atomic E-state index is 13.0. The molecule has 0 saturated heterocycles. The maximum absolute atomic E-state index is 13.0. The van der Waals surface area contributed by atoms with Crippen LogP contribution in [-0.2, 0) is 4.79 Å². The Bertz CT molecular complexity index is 929. The van der Waals surface area contributed by atoms with E-state index in [2.05, 4.69) is 10.9 Å². The van der Waals surface area contributed by atoms with Crippen LogP contribution >= 0.6 is 11.8 Å². The van der Waals surface area contributed by atoms with Crippen LogP contribution in [-0.4, -0.2) is 46.6 Å². The zero-order valence-electron chi connectivity index (χ0n) is 15.5. The first-order valence-corrected chi connectivity index (χ1v) is 10.1. The first kappa shape index (κ1) is 20.5. The van der Waals surface area contributed by atoms with Crippen molar-refractivity contribution in [2.24, 2.45) is 0 Å². The number of nitrogens with one attached hydrogen (secondary N) is 2. The number of nitrogens with zero attached hydrogens (tertiary/aromatic N) is 1. The van der Waals surface area contributed by atoms with Crippen molar-refractivity contribution in [3.05, 3.63) is 71.0 Å². The van der Waals surface area contributed by atoms with Gasteiger partial charge in [-0.05, 0) is 54.8 Å². The first-order valence-electron chi connectivity index (χ1n) is 8.75. The standard InChI is InChI=1S/C20H18FN3O4S/c1-29-11-10-16(24-19(27)14-4-2-3-5-15(14)20(24)28)18(26)23-22-17(25)12-6-8-13(21)9-7-12/h2-9,16H,10-11H2,1H3,(H,22,25)(H,23,26)/t16-/m1/s1. The molecule has 2 N–H and O–H groups in total. The molecule has 0 saturated carbocycles. The third-order valence-electron chi connectivity index (χ3n) is 4.44. The minimum Gasteiger partial charge on any atom is -0.271 e. The van der Waals surface area contributed by atoms with Crippen molar-refractivity contribution >= 4 is 35.4 Å². The van der Waals surface area contributed by atoms with Gasteiger partial charge in [0.15, 0.2) is 0 Å². The van der Waals surface area contributed by atoms with Crippen molar-refractivity contribution in [2.45, 2.75) is 12.5 Å². The van der Waals surface area contributed by atoms with Gasteiger partial charge in [0, 0.05) is 5.56 Å². The Kier molecular flexibility index (Phi) is 6.28. The number of imide groups is 1. The Morgan fingerprint density at radius 1 is 1.00 bits per heavy atom. The van der Waals surface area contributed by atoms with E-state index in [0.29, 0.717) is 5.75 Å². The van der Waals surface area contributed by atoms with Gasteiger partial charge >= 0.3 is 0 Å². The molecule has 1 heterocycles. The normalized spacial score (nSPS) is 13.8. The Labute approximate surface area is 170 Å². The lowest BCUT2D eigenvalue weighted by atomic mass is 10.1. The van der Waals surface area contributed by atoms with Gasteiger partial charge in [-0.25, -0.2) is 4.39 Å². The lowest BCUT2D eigenvalue weighted by molar-refractivity contribution is -0.125. The van der Waals surface area contributed by atoms with Gasteiger partial charge in [0.25, 0.3) is 23.6 Å².